The third-order valence-corrected chi connectivity index (χ3v) is 3.42. The topological polar surface area (TPSA) is 120 Å². The number of thiazole rings is 1. The lowest BCUT2D eigenvalue weighted by molar-refractivity contribution is -0.383. The van der Waals surface area contributed by atoms with Crippen molar-refractivity contribution in [2.75, 3.05) is 11.1 Å². The maximum Gasteiger partial charge on any atom is 0.353 e. The van der Waals surface area contributed by atoms with Crippen molar-refractivity contribution in [3.63, 3.8) is 0 Å². The Labute approximate surface area is 116 Å². The van der Waals surface area contributed by atoms with Crippen LogP contribution < -0.4 is 11.1 Å². The predicted molar refractivity (Wildman–Crippen MR) is 76.0 cm³/mol. The van der Waals surface area contributed by atoms with E-state index in [4.69, 9.17) is 5.73 Å². The number of nitrogens with two attached hydrogens (primary N) is 1. The van der Waals surface area contributed by atoms with Gasteiger partial charge >= 0.3 is 5.69 Å². The van der Waals surface area contributed by atoms with Gasteiger partial charge in [0.15, 0.2) is 0 Å². The summed E-state index contributed by atoms with van der Waals surface area (Å²) < 4.78 is 0.972. The molecule has 0 saturated heterocycles. The number of nitrogens with one attached hydrogen (secondary N) is 1. The number of nitrogens with zero attached hydrogens (tertiary/aromatic N) is 4. The molecule has 20 heavy (non-hydrogen) atoms. The Morgan fingerprint density at radius 1 is 1.30 bits per heavy atom. The molecule has 0 radical (unpaired) electrons. The maximum absolute atomic E-state index is 11.0. The summed E-state index contributed by atoms with van der Waals surface area (Å²) in [6.45, 7) is 0. The van der Waals surface area contributed by atoms with Crippen molar-refractivity contribution in [2.45, 2.75) is 0 Å². The molecule has 3 rings (SSSR count). The average molecular weight is 288 g/mol. The molecule has 100 valence electrons. The number of hydrogen-bond acceptors (Lipinski definition) is 8. The van der Waals surface area contributed by atoms with Crippen LogP contribution in [0.25, 0.3) is 10.2 Å². The maximum atomic E-state index is 11.0. The van der Waals surface area contributed by atoms with Crippen molar-refractivity contribution >= 4 is 44.6 Å². The van der Waals surface area contributed by atoms with Crippen molar-refractivity contribution < 1.29 is 4.92 Å². The van der Waals surface area contributed by atoms with Crippen molar-refractivity contribution in [1.82, 2.24) is 15.0 Å². The third-order valence-electron chi connectivity index (χ3n) is 2.63. The molecule has 3 aromatic rings. The van der Waals surface area contributed by atoms with Crippen molar-refractivity contribution in [1.29, 1.82) is 0 Å². The summed E-state index contributed by atoms with van der Waals surface area (Å²) in [5.74, 6) is -0.113. The number of anilines is 3. The number of aromatic nitrogens is 3. The Bertz CT molecular complexity index is 802. The van der Waals surface area contributed by atoms with E-state index < -0.39 is 4.92 Å². The van der Waals surface area contributed by atoms with E-state index in [0.717, 1.165) is 10.2 Å². The van der Waals surface area contributed by atoms with Crippen LogP contribution in [-0.4, -0.2) is 19.9 Å². The van der Waals surface area contributed by atoms with Crippen LogP contribution in [-0.2, 0) is 0 Å². The first-order valence-electron chi connectivity index (χ1n) is 5.50. The number of rotatable bonds is 3. The van der Waals surface area contributed by atoms with Gasteiger partial charge in [-0.2, -0.15) is 0 Å². The van der Waals surface area contributed by atoms with E-state index in [0.29, 0.717) is 5.69 Å². The lowest BCUT2D eigenvalue weighted by atomic mass is 10.3. The van der Waals surface area contributed by atoms with Crippen molar-refractivity contribution in [2.24, 2.45) is 0 Å². The van der Waals surface area contributed by atoms with Crippen LogP contribution >= 0.6 is 11.3 Å². The third kappa shape index (κ3) is 2.10. The fraction of sp³-hybridized carbons (Fsp3) is 0. The van der Waals surface area contributed by atoms with Crippen LogP contribution in [0.1, 0.15) is 0 Å². The van der Waals surface area contributed by atoms with Gasteiger partial charge in [-0.1, -0.05) is 0 Å². The molecule has 3 N–H and O–H groups in total. The zero-order chi connectivity index (χ0) is 14.1. The summed E-state index contributed by atoms with van der Waals surface area (Å²) >= 11 is 1.48. The van der Waals surface area contributed by atoms with Crippen molar-refractivity contribution in [3.05, 3.63) is 40.2 Å². The fourth-order valence-corrected chi connectivity index (χ4v) is 2.45. The Morgan fingerprint density at radius 3 is 2.95 bits per heavy atom. The van der Waals surface area contributed by atoms with Crippen LogP contribution in [0.15, 0.2) is 30.0 Å². The molecule has 0 spiro atoms. The number of nitrogen functional groups attached to an aromatic ring is 1. The van der Waals surface area contributed by atoms with E-state index in [1.165, 1.54) is 17.7 Å². The number of fused-ring (bicyclic) bond motifs is 1. The molecular weight excluding hydrogens is 280 g/mol. The van der Waals surface area contributed by atoms with Gasteiger partial charge in [-0.05, 0) is 18.2 Å². The van der Waals surface area contributed by atoms with E-state index >= 15 is 0 Å². The molecule has 2 heterocycles. The van der Waals surface area contributed by atoms with Crippen LogP contribution in [0, 0.1) is 10.1 Å². The second kappa shape index (κ2) is 4.70. The molecule has 8 nitrogen and oxygen atoms in total. The van der Waals surface area contributed by atoms with Gasteiger partial charge in [0, 0.05) is 5.69 Å². The first-order valence-corrected chi connectivity index (χ1v) is 6.38. The summed E-state index contributed by atoms with van der Waals surface area (Å²) in [6.07, 6.45) is 1.18. The largest absolute Gasteiger partial charge is 0.378 e. The number of hydrogen-bond donors (Lipinski definition) is 2. The van der Waals surface area contributed by atoms with Gasteiger partial charge < -0.3 is 11.1 Å². The molecular formula is C11H8N6O2S. The van der Waals surface area contributed by atoms with Gasteiger partial charge in [0.25, 0.3) is 0 Å². The van der Waals surface area contributed by atoms with E-state index in [2.05, 4.69) is 20.3 Å². The van der Waals surface area contributed by atoms with E-state index in [1.54, 1.807) is 11.6 Å². The van der Waals surface area contributed by atoms with Crippen LogP contribution in [0.3, 0.4) is 0 Å². The van der Waals surface area contributed by atoms with Crippen LogP contribution in [0.4, 0.5) is 23.0 Å². The number of benzene rings is 1. The van der Waals surface area contributed by atoms with Gasteiger partial charge in [-0.3, -0.25) is 10.1 Å². The monoisotopic (exact) mass is 288 g/mol. The molecule has 0 saturated carbocycles. The molecule has 0 fully saturated rings. The van der Waals surface area contributed by atoms with Crippen LogP contribution in [0.5, 0.6) is 0 Å². The minimum atomic E-state index is -0.608. The SMILES string of the molecule is Nc1ncnc(Nc2ccc3ncsc3c2)c1[N+](=O)[O-]. The second-order valence-electron chi connectivity index (χ2n) is 3.87. The molecule has 0 bridgehead atoms. The molecule has 0 aliphatic rings. The summed E-state index contributed by atoms with van der Waals surface area (Å²) in [6, 6.07) is 5.43. The Kier molecular flexibility index (Phi) is 2.88. The predicted octanol–water partition coefficient (Wildman–Crippen LogP) is 2.32. The van der Waals surface area contributed by atoms with Crippen LogP contribution in [0.2, 0.25) is 0 Å². The second-order valence-corrected chi connectivity index (χ2v) is 4.76. The van der Waals surface area contributed by atoms with Gasteiger partial charge in [-0.25, -0.2) is 15.0 Å². The summed E-state index contributed by atoms with van der Waals surface area (Å²) in [4.78, 5) is 22.0. The fourth-order valence-electron chi connectivity index (χ4n) is 1.73. The number of nitro groups is 1. The van der Waals surface area contributed by atoms with E-state index in [9.17, 15) is 10.1 Å². The first-order chi connectivity index (χ1) is 9.65. The highest BCUT2D eigenvalue weighted by Crippen LogP contribution is 2.30. The Hall–Kier alpha value is -2.81. The summed E-state index contributed by atoms with van der Waals surface area (Å²) in [5.41, 5.74) is 8.45. The molecule has 0 aliphatic heterocycles. The molecule has 0 atom stereocenters. The van der Waals surface area contributed by atoms with E-state index in [-0.39, 0.29) is 17.3 Å². The molecule has 1 aromatic carbocycles. The standard InChI is InChI=1S/C11H8N6O2S/c12-10-9(17(18)19)11(14-4-13-10)16-6-1-2-7-8(3-6)20-5-15-7/h1-5H,(H3,12,13,14,16). The molecule has 2 aromatic heterocycles. The minimum absolute atomic E-state index is 0.0614. The average Bonchev–Trinajstić information content (AvgIpc) is 2.85. The zero-order valence-corrected chi connectivity index (χ0v) is 10.8. The molecule has 0 amide bonds. The lowest BCUT2D eigenvalue weighted by Crippen LogP contribution is -2.04. The van der Waals surface area contributed by atoms with Gasteiger partial charge in [0.2, 0.25) is 11.6 Å². The van der Waals surface area contributed by atoms with Gasteiger partial charge in [-0.15, -0.1) is 11.3 Å². The summed E-state index contributed by atoms with van der Waals surface area (Å²) in [7, 11) is 0. The Balaban J connectivity index is 2.02. The summed E-state index contributed by atoms with van der Waals surface area (Å²) in [5, 5.41) is 13.9. The zero-order valence-electron chi connectivity index (χ0n) is 9.98. The smallest absolute Gasteiger partial charge is 0.353 e. The quantitative estimate of drug-likeness (QED) is 0.560. The van der Waals surface area contributed by atoms with Gasteiger partial charge in [0.1, 0.15) is 6.33 Å². The molecule has 0 aliphatic carbocycles. The van der Waals surface area contributed by atoms with Crippen molar-refractivity contribution in [3.8, 4) is 0 Å². The lowest BCUT2D eigenvalue weighted by Gasteiger charge is -2.06. The Morgan fingerprint density at radius 2 is 2.15 bits per heavy atom. The minimum Gasteiger partial charge on any atom is -0.378 e. The molecule has 0 unspecified atom stereocenters. The highest BCUT2D eigenvalue weighted by atomic mass is 32.1. The normalized spacial score (nSPS) is 10.6. The first kappa shape index (κ1) is 12.2. The van der Waals surface area contributed by atoms with Gasteiger partial charge in [0.05, 0.1) is 20.7 Å². The highest BCUT2D eigenvalue weighted by Gasteiger charge is 2.20. The highest BCUT2D eigenvalue weighted by molar-refractivity contribution is 7.16. The molecule has 9 heteroatoms. The van der Waals surface area contributed by atoms with E-state index in [1.807, 2.05) is 12.1 Å².